The summed E-state index contributed by atoms with van der Waals surface area (Å²) in [5, 5.41) is 1.19. The van der Waals surface area contributed by atoms with Crippen molar-refractivity contribution in [1.82, 2.24) is 9.88 Å². The normalized spacial score (nSPS) is 10.9. The second kappa shape index (κ2) is 8.77. The fourth-order valence-corrected chi connectivity index (χ4v) is 3.76. The Morgan fingerprint density at radius 2 is 1.92 bits per heavy atom. The molecule has 0 fully saturated rings. The van der Waals surface area contributed by atoms with Gasteiger partial charge in [0.05, 0.1) is 5.75 Å². The van der Waals surface area contributed by atoms with E-state index in [-0.39, 0.29) is 5.91 Å². The summed E-state index contributed by atoms with van der Waals surface area (Å²) in [4.78, 5) is 17.6. The van der Waals surface area contributed by atoms with Crippen molar-refractivity contribution in [2.75, 3.05) is 18.1 Å². The molecular weight excluding hydrogens is 328 g/mol. The van der Waals surface area contributed by atoms with Gasteiger partial charge in [-0.15, -0.1) is 0 Å². The summed E-state index contributed by atoms with van der Waals surface area (Å²) in [6.45, 7) is 3.46. The van der Waals surface area contributed by atoms with Gasteiger partial charge in [0.1, 0.15) is 0 Å². The Labute approximate surface area is 153 Å². The van der Waals surface area contributed by atoms with Gasteiger partial charge in [-0.1, -0.05) is 36.4 Å². The van der Waals surface area contributed by atoms with E-state index in [1.807, 2.05) is 24.1 Å². The minimum Gasteiger partial charge on any atom is -0.361 e. The zero-order chi connectivity index (χ0) is 17.5. The van der Waals surface area contributed by atoms with Gasteiger partial charge in [0.25, 0.3) is 0 Å². The molecule has 0 spiro atoms. The molecule has 0 atom stereocenters. The molecule has 25 heavy (non-hydrogen) atoms. The monoisotopic (exact) mass is 352 g/mol. The van der Waals surface area contributed by atoms with Crippen LogP contribution in [-0.4, -0.2) is 33.8 Å². The number of fused-ring (bicyclic) bond motifs is 1. The fourth-order valence-electron chi connectivity index (χ4n) is 2.88. The number of benzene rings is 2. The van der Waals surface area contributed by atoms with Gasteiger partial charge in [-0.05, 0) is 53.8 Å². The lowest BCUT2D eigenvalue weighted by Crippen LogP contribution is -2.31. The average molecular weight is 353 g/mol. The molecule has 0 aliphatic heterocycles. The molecule has 0 saturated carbocycles. The molecule has 0 bridgehead atoms. The predicted octanol–water partition coefficient (Wildman–Crippen LogP) is 4.49. The third kappa shape index (κ3) is 4.89. The number of aromatic nitrogens is 1. The first-order chi connectivity index (χ1) is 12.3. The predicted molar refractivity (Wildman–Crippen MR) is 107 cm³/mol. The first-order valence-electron chi connectivity index (χ1n) is 8.71. The molecule has 4 heteroatoms. The molecule has 1 N–H and O–H groups in total. The zero-order valence-electron chi connectivity index (χ0n) is 14.6. The number of rotatable bonds is 8. The number of H-pyrrole nitrogens is 1. The summed E-state index contributed by atoms with van der Waals surface area (Å²) in [5.41, 5.74) is 3.64. The lowest BCUT2D eigenvalue weighted by molar-refractivity contribution is -0.128. The number of amides is 1. The molecule has 1 heterocycles. The van der Waals surface area contributed by atoms with Gasteiger partial charge in [-0.25, -0.2) is 0 Å². The quantitative estimate of drug-likeness (QED) is 0.606. The molecule has 0 aliphatic carbocycles. The van der Waals surface area contributed by atoms with E-state index in [9.17, 15) is 4.79 Å². The zero-order valence-corrected chi connectivity index (χ0v) is 15.4. The summed E-state index contributed by atoms with van der Waals surface area (Å²) in [5.74, 6) is 1.74. The summed E-state index contributed by atoms with van der Waals surface area (Å²) in [6, 6.07) is 18.8. The largest absolute Gasteiger partial charge is 0.361 e. The molecule has 3 nitrogen and oxygen atoms in total. The summed E-state index contributed by atoms with van der Waals surface area (Å²) in [7, 11) is 0. The summed E-state index contributed by atoms with van der Waals surface area (Å²) >= 11 is 1.72. The second-order valence-electron chi connectivity index (χ2n) is 6.10. The summed E-state index contributed by atoms with van der Waals surface area (Å²) < 4.78 is 0. The number of nitrogens with one attached hydrogen (secondary N) is 1. The lowest BCUT2D eigenvalue weighted by Gasteiger charge is -2.21. The Kier molecular flexibility index (Phi) is 6.18. The number of nitrogens with zero attached hydrogens (tertiary/aromatic N) is 1. The Balaban J connectivity index is 1.48. The van der Waals surface area contributed by atoms with Crippen molar-refractivity contribution in [3.05, 3.63) is 71.9 Å². The van der Waals surface area contributed by atoms with Crippen LogP contribution in [0.25, 0.3) is 10.9 Å². The highest BCUT2D eigenvalue weighted by molar-refractivity contribution is 7.99. The lowest BCUT2D eigenvalue weighted by atomic mass is 10.1. The van der Waals surface area contributed by atoms with Crippen molar-refractivity contribution in [3.63, 3.8) is 0 Å². The van der Waals surface area contributed by atoms with Crippen molar-refractivity contribution < 1.29 is 4.79 Å². The van der Waals surface area contributed by atoms with Crippen LogP contribution >= 0.6 is 11.8 Å². The molecule has 0 radical (unpaired) electrons. The second-order valence-corrected chi connectivity index (χ2v) is 7.20. The number of carbonyl (C=O) groups excluding carboxylic acids is 1. The highest BCUT2D eigenvalue weighted by atomic mass is 32.2. The molecule has 1 amide bonds. The van der Waals surface area contributed by atoms with E-state index < -0.39 is 0 Å². The Hall–Kier alpha value is -2.20. The smallest absolute Gasteiger partial charge is 0.232 e. The topological polar surface area (TPSA) is 36.1 Å². The van der Waals surface area contributed by atoms with Crippen LogP contribution in [0.2, 0.25) is 0 Å². The highest BCUT2D eigenvalue weighted by Gasteiger charge is 2.12. The SMILES string of the molecule is CCN(Cc1ccc2[nH]ccc2c1)C(=O)CSCCc1ccccc1. The molecule has 2 aromatic carbocycles. The number of carbonyl (C=O) groups is 1. The first kappa shape index (κ1) is 17.6. The molecule has 0 unspecified atom stereocenters. The van der Waals surface area contributed by atoms with Crippen LogP contribution < -0.4 is 0 Å². The van der Waals surface area contributed by atoms with Crippen LogP contribution in [0, 0.1) is 0 Å². The maximum absolute atomic E-state index is 12.5. The van der Waals surface area contributed by atoms with Gasteiger partial charge in [-0.2, -0.15) is 11.8 Å². The molecule has 1 aromatic heterocycles. The van der Waals surface area contributed by atoms with Crippen molar-refractivity contribution in [2.24, 2.45) is 0 Å². The van der Waals surface area contributed by atoms with Gasteiger partial charge in [0.15, 0.2) is 0 Å². The van der Waals surface area contributed by atoms with E-state index in [1.165, 1.54) is 16.5 Å². The summed E-state index contributed by atoms with van der Waals surface area (Å²) in [6.07, 6.45) is 2.95. The van der Waals surface area contributed by atoms with Crippen molar-refractivity contribution in [3.8, 4) is 0 Å². The van der Waals surface area contributed by atoms with E-state index in [0.29, 0.717) is 12.3 Å². The van der Waals surface area contributed by atoms with Gasteiger partial charge in [0, 0.05) is 24.8 Å². The van der Waals surface area contributed by atoms with E-state index >= 15 is 0 Å². The van der Waals surface area contributed by atoms with Crippen LogP contribution in [0.4, 0.5) is 0 Å². The third-order valence-corrected chi connectivity index (χ3v) is 5.27. The number of aromatic amines is 1. The number of hydrogen-bond acceptors (Lipinski definition) is 2. The number of aryl methyl sites for hydroxylation is 1. The molecular formula is C21H24N2OS. The first-order valence-corrected chi connectivity index (χ1v) is 9.87. The standard InChI is InChI=1S/C21H24N2OS/c1-2-23(15-18-8-9-20-19(14-18)10-12-22-20)21(24)16-25-13-11-17-6-4-3-5-7-17/h3-10,12,14,22H,2,11,13,15-16H2,1H3. The molecule has 130 valence electrons. The van der Waals surface area contributed by atoms with E-state index in [1.54, 1.807) is 11.8 Å². The van der Waals surface area contributed by atoms with Crippen LogP contribution in [-0.2, 0) is 17.8 Å². The van der Waals surface area contributed by atoms with Crippen LogP contribution in [0.15, 0.2) is 60.8 Å². The number of hydrogen-bond donors (Lipinski definition) is 1. The van der Waals surface area contributed by atoms with Crippen molar-refractivity contribution in [1.29, 1.82) is 0 Å². The van der Waals surface area contributed by atoms with Gasteiger partial charge in [0.2, 0.25) is 5.91 Å². The van der Waals surface area contributed by atoms with Crippen molar-refractivity contribution in [2.45, 2.75) is 19.9 Å². The minimum absolute atomic E-state index is 0.217. The Morgan fingerprint density at radius 3 is 2.72 bits per heavy atom. The third-order valence-electron chi connectivity index (χ3n) is 4.33. The molecule has 0 saturated heterocycles. The fraction of sp³-hybridized carbons (Fsp3) is 0.286. The average Bonchev–Trinajstić information content (AvgIpc) is 3.11. The molecule has 3 aromatic rings. The van der Waals surface area contributed by atoms with Gasteiger partial charge in [-0.3, -0.25) is 4.79 Å². The number of thioether (sulfide) groups is 1. The van der Waals surface area contributed by atoms with E-state index in [0.717, 1.165) is 24.2 Å². The van der Waals surface area contributed by atoms with Crippen molar-refractivity contribution >= 4 is 28.6 Å². The maximum Gasteiger partial charge on any atom is 0.232 e. The highest BCUT2D eigenvalue weighted by Crippen LogP contribution is 2.16. The van der Waals surface area contributed by atoms with Crippen LogP contribution in [0.5, 0.6) is 0 Å². The molecule has 0 aliphatic rings. The van der Waals surface area contributed by atoms with Crippen LogP contribution in [0.3, 0.4) is 0 Å². The van der Waals surface area contributed by atoms with Crippen LogP contribution in [0.1, 0.15) is 18.1 Å². The maximum atomic E-state index is 12.5. The van der Waals surface area contributed by atoms with Gasteiger partial charge >= 0.3 is 0 Å². The Morgan fingerprint density at radius 1 is 1.08 bits per heavy atom. The van der Waals surface area contributed by atoms with E-state index in [4.69, 9.17) is 0 Å². The Bertz CT molecular complexity index is 813. The minimum atomic E-state index is 0.217. The van der Waals surface area contributed by atoms with Gasteiger partial charge < -0.3 is 9.88 Å². The molecule has 3 rings (SSSR count). The van der Waals surface area contributed by atoms with E-state index in [2.05, 4.69) is 53.5 Å².